The summed E-state index contributed by atoms with van der Waals surface area (Å²) >= 11 is 13.0. The van der Waals surface area contributed by atoms with Crippen LogP contribution in [0.1, 0.15) is 27.9 Å². The number of aromatic hydroxyl groups is 2. The molecule has 38 heavy (non-hydrogen) atoms. The molecule has 204 valence electrons. The SMILES string of the molecule is C=C.C=O.CC(=O)c1ccc(Cl)cc1Cl.CNC.CNc1ccc2nc(Cc3ccc(O)c(O)c3)sc2c1. The van der Waals surface area contributed by atoms with E-state index in [1.807, 2.05) is 40.1 Å². The molecule has 0 bridgehead atoms. The maximum Gasteiger partial charge on any atom is 0.161 e. The highest BCUT2D eigenvalue weighted by Gasteiger charge is 2.08. The normalized spacial score (nSPS) is 9.21. The van der Waals surface area contributed by atoms with E-state index in [2.05, 4.69) is 34.8 Å². The summed E-state index contributed by atoms with van der Waals surface area (Å²) in [4.78, 5) is 23.4. The number of fused-ring (bicyclic) bond motifs is 1. The Labute approximate surface area is 237 Å². The smallest absolute Gasteiger partial charge is 0.161 e. The minimum atomic E-state index is -0.100. The number of halogens is 2. The summed E-state index contributed by atoms with van der Waals surface area (Å²) in [6.07, 6.45) is 0.641. The molecule has 7 nitrogen and oxygen atoms in total. The molecular weight excluding hydrogens is 545 g/mol. The predicted molar refractivity (Wildman–Crippen MR) is 162 cm³/mol. The molecule has 0 aliphatic heterocycles. The average Bonchev–Trinajstić information content (AvgIpc) is 3.30. The Kier molecular flexibility index (Phi) is 17.1. The molecule has 4 rings (SSSR count). The first-order chi connectivity index (χ1) is 18.2. The van der Waals surface area contributed by atoms with Gasteiger partial charge < -0.3 is 25.6 Å². The lowest BCUT2D eigenvalue weighted by Crippen LogP contribution is -1.91. The van der Waals surface area contributed by atoms with Crippen molar-refractivity contribution in [2.75, 3.05) is 26.5 Å². The zero-order valence-corrected chi connectivity index (χ0v) is 24.2. The van der Waals surface area contributed by atoms with Crippen LogP contribution in [0.2, 0.25) is 10.0 Å². The van der Waals surface area contributed by atoms with Gasteiger partial charge in [-0.3, -0.25) is 4.79 Å². The molecule has 0 unspecified atom stereocenters. The van der Waals surface area contributed by atoms with Crippen molar-refractivity contribution < 1.29 is 19.8 Å². The summed E-state index contributed by atoms with van der Waals surface area (Å²) in [5.74, 6) is -0.246. The number of benzene rings is 3. The first-order valence-electron chi connectivity index (χ1n) is 11.1. The van der Waals surface area contributed by atoms with E-state index in [9.17, 15) is 15.0 Å². The third kappa shape index (κ3) is 11.3. The second-order valence-corrected chi connectivity index (χ2v) is 9.18. The fraction of sp³-hybridized carbons (Fsp3) is 0.179. The van der Waals surface area contributed by atoms with Crippen molar-refractivity contribution in [1.82, 2.24) is 10.3 Å². The van der Waals surface area contributed by atoms with Crippen molar-refractivity contribution in [3.05, 3.63) is 93.9 Å². The summed E-state index contributed by atoms with van der Waals surface area (Å²) in [5.41, 5.74) is 3.48. The Bertz CT molecular complexity index is 1300. The van der Waals surface area contributed by atoms with E-state index in [1.165, 1.54) is 13.0 Å². The molecule has 0 saturated heterocycles. The van der Waals surface area contributed by atoms with Crippen LogP contribution in [0.4, 0.5) is 5.69 Å². The summed E-state index contributed by atoms with van der Waals surface area (Å²) < 4.78 is 1.13. The highest BCUT2D eigenvalue weighted by atomic mass is 35.5. The van der Waals surface area contributed by atoms with E-state index in [4.69, 9.17) is 28.0 Å². The molecular formula is C28H33Cl2N3O4S. The Morgan fingerprint density at radius 2 is 1.58 bits per heavy atom. The van der Waals surface area contributed by atoms with Gasteiger partial charge in [0.25, 0.3) is 0 Å². The second kappa shape index (κ2) is 18.8. The predicted octanol–water partition coefficient (Wildman–Crippen LogP) is 6.99. The zero-order valence-electron chi connectivity index (χ0n) is 21.8. The molecule has 0 atom stereocenters. The third-order valence-electron chi connectivity index (χ3n) is 4.43. The van der Waals surface area contributed by atoms with E-state index in [0.29, 0.717) is 22.0 Å². The number of nitrogens with zero attached hydrogens (tertiary/aromatic N) is 1. The van der Waals surface area contributed by atoms with Crippen molar-refractivity contribution in [2.45, 2.75) is 13.3 Å². The molecule has 1 heterocycles. The highest BCUT2D eigenvalue weighted by Crippen LogP contribution is 2.29. The maximum absolute atomic E-state index is 10.8. The number of rotatable bonds is 4. The van der Waals surface area contributed by atoms with Gasteiger partial charge in [-0.1, -0.05) is 29.3 Å². The molecule has 0 spiro atoms. The number of hydrogen-bond donors (Lipinski definition) is 4. The molecule has 1 aromatic heterocycles. The maximum atomic E-state index is 10.8. The van der Waals surface area contributed by atoms with Gasteiger partial charge in [0, 0.05) is 29.7 Å². The minimum Gasteiger partial charge on any atom is -0.504 e. The number of aromatic nitrogens is 1. The third-order valence-corrected chi connectivity index (χ3v) is 5.99. The number of phenolic OH excluding ortho intramolecular Hbond substituents is 2. The molecule has 10 heteroatoms. The standard InChI is InChI=1S/C15H14N2O2S.C8H6Cl2O.C2H7N.C2H4.CH2O/c1-16-10-3-4-11-14(8-10)20-15(17-11)7-9-2-5-12(18)13(19)6-9;1-5(11)7-3-2-6(9)4-8(7)10;1-3-2;2*1-2/h2-6,8,16,18-19H,7H2,1H3;2-4H,1H3;3H,1-2H3;1-2H2;1H2. The number of thiazole rings is 1. The largest absolute Gasteiger partial charge is 0.504 e. The lowest BCUT2D eigenvalue weighted by Gasteiger charge is -2.01. The number of carbonyl (C=O) groups excluding carboxylic acids is 2. The Hall–Kier alpha value is -3.43. The summed E-state index contributed by atoms with van der Waals surface area (Å²) in [5, 5.41) is 26.6. The number of ketones is 1. The van der Waals surface area contributed by atoms with Gasteiger partial charge >= 0.3 is 0 Å². The van der Waals surface area contributed by atoms with Crippen LogP contribution >= 0.6 is 34.5 Å². The molecule has 4 N–H and O–H groups in total. The number of anilines is 1. The lowest BCUT2D eigenvalue weighted by molar-refractivity contribution is -0.0980. The van der Waals surface area contributed by atoms with Crippen LogP contribution in [0.3, 0.4) is 0 Å². The molecule has 0 amide bonds. The van der Waals surface area contributed by atoms with Crippen molar-refractivity contribution in [1.29, 1.82) is 0 Å². The lowest BCUT2D eigenvalue weighted by atomic mass is 10.1. The molecule has 3 aromatic carbocycles. The van der Waals surface area contributed by atoms with Crippen LogP contribution in [-0.2, 0) is 11.2 Å². The molecule has 0 saturated carbocycles. The Morgan fingerprint density at radius 1 is 0.947 bits per heavy atom. The van der Waals surface area contributed by atoms with Gasteiger partial charge in [0.05, 0.1) is 20.2 Å². The van der Waals surface area contributed by atoms with Gasteiger partial charge in [-0.25, -0.2) is 4.98 Å². The van der Waals surface area contributed by atoms with Crippen LogP contribution in [0.25, 0.3) is 10.2 Å². The molecule has 0 aliphatic rings. The van der Waals surface area contributed by atoms with Crippen LogP contribution in [0.15, 0.2) is 67.8 Å². The van der Waals surface area contributed by atoms with Crippen molar-refractivity contribution >= 4 is 63.0 Å². The van der Waals surface area contributed by atoms with Gasteiger partial charge in [0.2, 0.25) is 0 Å². The first kappa shape index (κ1) is 34.6. The number of nitrogens with one attached hydrogen (secondary N) is 2. The molecule has 0 aliphatic carbocycles. The van der Waals surface area contributed by atoms with Crippen molar-refractivity contribution in [3.8, 4) is 11.5 Å². The zero-order chi connectivity index (χ0) is 29.3. The van der Waals surface area contributed by atoms with Crippen LogP contribution in [0, 0.1) is 0 Å². The van der Waals surface area contributed by atoms with E-state index >= 15 is 0 Å². The molecule has 4 aromatic rings. The van der Waals surface area contributed by atoms with Gasteiger partial charge in [-0.2, -0.15) is 0 Å². The molecule has 0 radical (unpaired) electrons. The number of Topliss-reactive ketones (excluding diaryl/α,β-unsaturated/α-hetero) is 1. The van der Waals surface area contributed by atoms with Crippen LogP contribution < -0.4 is 10.6 Å². The van der Waals surface area contributed by atoms with Gasteiger partial charge in [0.15, 0.2) is 17.3 Å². The Morgan fingerprint density at radius 3 is 2.11 bits per heavy atom. The summed E-state index contributed by atoms with van der Waals surface area (Å²) in [6.45, 7) is 9.47. The fourth-order valence-electron chi connectivity index (χ4n) is 2.83. The summed E-state index contributed by atoms with van der Waals surface area (Å²) in [7, 11) is 5.64. The topological polar surface area (TPSA) is 112 Å². The van der Waals surface area contributed by atoms with Crippen LogP contribution in [0.5, 0.6) is 11.5 Å². The number of carbonyl (C=O) groups is 2. The summed E-state index contributed by atoms with van der Waals surface area (Å²) in [6, 6.07) is 15.7. The molecule has 0 fully saturated rings. The number of phenols is 2. The first-order valence-corrected chi connectivity index (χ1v) is 12.7. The van der Waals surface area contributed by atoms with Gasteiger partial charge in [-0.15, -0.1) is 24.5 Å². The van der Waals surface area contributed by atoms with E-state index < -0.39 is 0 Å². The van der Waals surface area contributed by atoms with Crippen molar-refractivity contribution in [2.24, 2.45) is 0 Å². The van der Waals surface area contributed by atoms with Gasteiger partial charge in [-0.05, 0) is 75.1 Å². The van der Waals surface area contributed by atoms with E-state index in [0.717, 1.165) is 26.5 Å². The van der Waals surface area contributed by atoms with Gasteiger partial charge in [0.1, 0.15) is 6.79 Å². The van der Waals surface area contributed by atoms with Crippen molar-refractivity contribution in [3.63, 3.8) is 0 Å². The fourth-order valence-corrected chi connectivity index (χ4v) is 4.41. The van der Waals surface area contributed by atoms with Crippen LogP contribution in [-0.4, -0.2) is 48.9 Å². The monoisotopic (exact) mass is 577 g/mol. The quantitative estimate of drug-likeness (QED) is 0.117. The minimum absolute atomic E-state index is 0.0494. The Balaban J connectivity index is 0.000000645. The average molecular weight is 579 g/mol. The highest BCUT2D eigenvalue weighted by molar-refractivity contribution is 7.18. The second-order valence-electron chi connectivity index (χ2n) is 7.22. The van der Waals surface area contributed by atoms with E-state index in [-0.39, 0.29) is 17.3 Å². The van der Waals surface area contributed by atoms with E-state index in [1.54, 1.807) is 41.7 Å². The number of hydrogen-bond acceptors (Lipinski definition) is 8.